The molecule has 5 rings (SSSR count). The van der Waals surface area contributed by atoms with Crippen LogP contribution in [0.2, 0.25) is 0 Å². The first-order chi connectivity index (χ1) is 17.7. The molecule has 37 heavy (non-hydrogen) atoms. The highest BCUT2D eigenvalue weighted by Gasteiger charge is 2.32. The Hall–Kier alpha value is -3.65. The van der Waals surface area contributed by atoms with Crippen molar-refractivity contribution in [2.75, 3.05) is 0 Å². The van der Waals surface area contributed by atoms with Crippen LogP contribution in [0.15, 0.2) is 78.9 Å². The molecule has 2 heteroatoms. The summed E-state index contributed by atoms with van der Waals surface area (Å²) in [6.07, 6.45) is 0. The van der Waals surface area contributed by atoms with Crippen LogP contribution in [-0.2, 0) is 7.05 Å². The second-order valence-corrected chi connectivity index (χ2v) is 11.1. The Bertz CT molecular complexity index is 1570. The molecule has 0 aliphatic rings. The minimum atomic E-state index is 0.371. The number of aryl methyl sites for hydroxylation is 3. The molecule has 0 aliphatic carbocycles. The molecule has 0 aliphatic heterocycles. The summed E-state index contributed by atoms with van der Waals surface area (Å²) in [6, 6.07) is 29.1. The molecule has 0 fully saturated rings. The van der Waals surface area contributed by atoms with Gasteiger partial charge in [-0.2, -0.15) is 4.57 Å². The van der Waals surface area contributed by atoms with Crippen molar-refractivity contribution in [3.8, 4) is 28.2 Å². The highest BCUT2D eigenvalue weighted by atomic mass is 15.2. The number of aromatic nitrogens is 2. The van der Waals surface area contributed by atoms with E-state index in [4.69, 9.17) is 0 Å². The lowest BCUT2D eigenvalue weighted by molar-refractivity contribution is -0.633. The lowest BCUT2D eigenvalue weighted by Crippen LogP contribution is -2.30. The second kappa shape index (κ2) is 9.67. The zero-order valence-electron chi connectivity index (χ0n) is 23.6. The second-order valence-electron chi connectivity index (χ2n) is 11.1. The van der Waals surface area contributed by atoms with Crippen molar-refractivity contribution in [1.82, 2.24) is 4.57 Å². The molecule has 4 aromatic carbocycles. The Kier molecular flexibility index (Phi) is 6.54. The summed E-state index contributed by atoms with van der Waals surface area (Å²) in [4.78, 5) is 0. The van der Waals surface area contributed by atoms with Gasteiger partial charge in [0.05, 0.1) is 12.6 Å². The van der Waals surface area contributed by atoms with E-state index in [1.807, 2.05) is 0 Å². The summed E-state index contributed by atoms with van der Waals surface area (Å²) in [5.74, 6) is 1.98. The van der Waals surface area contributed by atoms with Crippen molar-refractivity contribution in [3.63, 3.8) is 0 Å². The van der Waals surface area contributed by atoms with Gasteiger partial charge in [0.2, 0.25) is 0 Å². The molecular formula is C35H39N2+. The fourth-order valence-corrected chi connectivity index (χ4v) is 5.73. The maximum atomic E-state index is 2.55. The van der Waals surface area contributed by atoms with Gasteiger partial charge in [0.15, 0.2) is 11.0 Å². The van der Waals surface area contributed by atoms with Crippen molar-refractivity contribution >= 4 is 11.0 Å². The number of hydrogen-bond acceptors (Lipinski definition) is 0. The average Bonchev–Trinajstić information content (AvgIpc) is 3.17. The van der Waals surface area contributed by atoms with Gasteiger partial charge in [-0.05, 0) is 90.8 Å². The maximum Gasteiger partial charge on any atom is 0.295 e. The minimum absolute atomic E-state index is 0.371. The van der Waals surface area contributed by atoms with E-state index in [1.54, 1.807) is 0 Å². The SMILES string of the molecule is Cc1cc(C)c(C)c(-c2n(-c3c(C(C)C)cc(-c4ccccc4)cc3C(C)C)c3ccccc3[n+]2C)c1. The number of imidazole rings is 1. The average molecular weight is 488 g/mol. The fourth-order valence-electron chi connectivity index (χ4n) is 5.73. The molecule has 0 spiro atoms. The highest BCUT2D eigenvalue weighted by molar-refractivity contribution is 5.82. The fraction of sp³-hybridized carbons (Fsp3) is 0.286. The van der Waals surface area contributed by atoms with Gasteiger partial charge in [-0.15, -0.1) is 0 Å². The smallest absolute Gasteiger partial charge is 0.225 e. The van der Waals surface area contributed by atoms with Crippen LogP contribution >= 0.6 is 0 Å². The van der Waals surface area contributed by atoms with Crippen molar-refractivity contribution in [2.24, 2.45) is 7.05 Å². The Balaban J connectivity index is 1.96. The molecule has 1 aromatic heterocycles. The number of fused-ring (bicyclic) bond motifs is 1. The summed E-state index contributed by atoms with van der Waals surface area (Å²) in [6.45, 7) is 16.0. The first-order valence-electron chi connectivity index (χ1n) is 13.5. The normalized spacial score (nSPS) is 11.7. The van der Waals surface area contributed by atoms with Gasteiger partial charge in [-0.1, -0.05) is 76.2 Å². The molecule has 0 radical (unpaired) electrons. The molecule has 1 heterocycles. The van der Waals surface area contributed by atoms with Crippen LogP contribution in [0.1, 0.15) is 67.3 Å². The molecule has 0 unspecified atom stereocenters. The molecule has 0 saturated heterocycles. The van der Waals surface area contributed by atoms with Crippen LogP contribution in [-0.4, -0.2) is 4.57 Å². The highest BCUT2D eigenvalue weighted by Crippen LogP contribution is 2.40. The quantitative estimate of drug-likeness (QED) is 0.219. The number of rotatable bonds is 5. The molecule has 2 nitrogen and oxygen atoms in total. The molecule has 0 N–H and O–H groups in total. The summed E-state index contributed by atoms with van der Waals surface area (Å²) < 4.78 is 4.94. The predicted octanol–water partition coefficient (Wildman–Crippen LogP) is 8.96. The van der Waals surface area contributed by atoms with Gasteiger partial charge < -0.3 is 0 Å². The van der Waals surface area contributed by atoms with Crippen molar-refractivity contribution in [1.29, 1.82) is 0 Å². The summed E-state index contributed by atoms with van der Waals surface area (Å²) in [7, 11) is 2.22. The van der Waals surface area contributed by atoms with Crippen LogP contribution in [0.5, 0.6) is 0 Å². The molecule has 0 saturated carbocycles. The first-order valence-corrected chi connectivity index (χ1v) is 13.5. The topological polar surface area (TPSA) is 8.81 Å². The largest absolute Gasteiger partial charge is 0.295 e. The molecular weight excluding hydrogens is 448 g/mol. The van der Waals surface area contributed by atoms with Crippen molar-refractivity contribution in [3.05, 3.63) is 107 Å². The van der Waals surface area contributed by atoms with Crippen molar-refractivity contribution < 1.29 is 4.57 Å². The molecule has 0 bridgehead atoms. The Morgan fingerprint density at radius 2 is 1.27 bits per heavy atom. The number of hydrogen-bond donors (Lipinski definition) is 0. The molecule has 0 amide bonds. The van der Waals surface area contributed by atoms with Gasteiger partial charge in [0, 0.05) is 11.1 Å². The maximum absolute atomic E-state index is 2.55. The summed E-state index contributed by atoms with van der Waals surface area (Å²) in [5, 5.41) is 0. The van der Waals surface area contributed by atoms with Gasteiger partial charge >= 0.3 is 0 Å². The summed E-state index contributed by atoms with van der Waals surface area (Å²) >= 11 is 0. The third kappa shape index (κ3) is 4.29. The van der Waals surface area contributed by atoms with Crippen LogP contribution in [0.25, 0.3) is 39.2 Å². The van der Waals surface area contributed by atoms with Crippen LogP contribution in [0.4, 0.5) is 0 Å². The number of nitrogens with zero attached hydrogens (tertiary/aromatic N) is 2. The summed E-state index contributed by atoms with van der Waals surface area (Å²) in [5.41, 5.74) is 14.4. The van der Waals surface area contributed by atoms with E-state index >= 15 is 0 Å². The zero-order chi connectivity index (χ0) is 26.4. The van der Waals surface area contributed by atoms with E-state index in [0.717, 1.165) is 0 Å². The zero-order valence-corrected chi connectivity index (χ0v) is 23.6. The van der Waals surface area contributed by atoms with E-state index in [2.05, 4.69) is 144 Å². The van der Waals surface area contributed by atoms with Gasteiger partial charge in [-0.3, -0.25) is 0 Å². The van der Waals surface area contributed by atoms with E-state index < -0.39 is 0 Å². The van der Waals surface area contributed by atoms with Crippen LogP contribution < -0.4 is 4.57 Å². The van der Waals surface area contributed by atoms with Gasteiger partial charge in [0.25, 0.3) is 5.82 Å². The third-order valence-corrected chi connectivity index (χ3v) is 7.81. The van der Waals surface area contributed by atoms with E-state index in [0.29, 0.717) is 11.8 Å². The Labute approximate surface area is 222 Å². The first kappa shape index (κ1) is 25.0. The van der Waals surface area contributed by atoms with E-state index in [-0.39, 0.29) is 0 Å². The number of para-hydroxylation sites is 2. The predicted molar refractivity (Wildman–Crippen MR) is 158 cm³/mol. The minimum Gasteiger partial charge on any atom is -0.225 e. The molecule has 188 valence electrons. The monoisotopic (exact) mass is 487 g/mol. The standard InChI is InChI=1S/C35H39N2/c1-22(2)29-20-28(27-14-10-9-11-15-27)21-30(23(3)4)34(29)37-33-17-13-12-16-32(33)36(8)35(37)31-19-24(5)18-25(6)26(31)7/h9-23H,1-8H3/q+1. The van der Waals surface area contributed by atoms with Crippen molar-refractivity contribution in [2.45, 2.75) is 60.3 Å². The van der Waals surface area contributed by atoms with E-state index in [9.17, 15) is 0 Å². The van der Waals surface area contributed by atoms with E-state index in [1.165, 1.54) is 67.1 Å². The molecule has 5 aromatic rings. The van der Waals surface area contributed by atoms with Gasteiger partial charge in [0.1, 0.15) is 5.69 Å². The Morgan fingerprint density at radius 1 is 0.676 bits per heavy atom. The lowest BCUT2D eigenvalue weighted by atomic mass is 9.88. The third-order valence-electron chi connectivity index (χ3n) is 7.81. The van der Waals surface area contributed by atoms with Gasteiger partial charge in [-0.25, -0.2) is 4.57 Å². The lowest BCUT2D eigenvalue weighted by Gasteiger charge is -2.21. The van der Waals surface area contributed by atoms with Crippen LogP contribution in [0, 0.1) is 20.8 Å². The Morgan fingerprint density at radius 3 is 1.89 bits per heavy atom. The number of benzene rings is 4. The van der Waals surface area contributed by atoms with Crippen LogP contribution in [0.3, 0.4) is 0 Å². The molecule has 0 atom stereocenters.